The van der Waals surface area contributed by atoms with Crippen LogP contribution in [0.1, 0.15) is 49.4 Å². The Labute approximate surface area is 259 Å². The molecule has 42 heavy (non-hydrogen) atoms. The second-order valence-corrected chi connectivity index (χ2v) is 13.6. The number of carbonyl (C=O) groups excluding carboxylic acids is 2. The van der Waals surface area contributed by atoms with Gasteiger partial charge in [0, 0.05) is 13.1 Å². The number of sulfonamides is 1. The first-order valence-electron chi connectivity index (χ1n) is 13.9. The van der Waals surface area contributed by atoms with Gasteiger partial charge in [-0.2, -0.15) is 0 Å². The first kappa shape index (κ1) is 33.4. The minimum atomic E-state index is -4.15. The number of anilines is 1. The second-order valence-electron chi connectivity index (χ2n) is 10.9. The van der Waals surface area contributed by atoms with Gasteiger partial charge in [0.2, 0.25) is 11.8 Å². The number of aryl methyl sites for hydroxylation is 3. The van der Waals surface area contributed by atoms with Gasteiger partial charge in [-0.25, -0.2) is 8.42 Å². The van der Waals surface area contributed by atoms with E-state index in [-0.39, 0.29) is 23.3 Å². The Morgan fingerprint density at radius 2 is 1.52 bits per heavy atom. The van der Waals surface area contributed by atoms with E-state index in [4.69, 9.17) is 23.2 Å². The molecule has 0 bridgehead atoms. The zero-order valence-electron chi connectivity index (χ0n) is 24.9. The molecule has 0 aliphatic heterocycles. The van der Waals surface area contributed by atoms with Crippen molar-refractivity contribution < 1.29 is 18.0 Å². The zero-order chi connectivity index (χ0) is 31.2. The van der Waals surface area contributed by atoms with Crippen molar-refractivity contribution in [3.05, 3.63) is 93.0 Å². The average Bonchev–Trinajstić information content (AvgIpc) is 2.93. The summed E-state index contributed by atoms with van der Waals surface area (Å²) in [6.45, 7) is 11.3. The van der Waals surface area contributed by atoms with Crippen molar-refractivity contribution in [2.75, 3.05) is 17.4 Å². The van der Waals surface area contributed by atoms with Gasteiger partial charge in [-0.15, -0.1) is 0 Å². The van der Waals surface area contributed by atoms with Crippen LogP contribution in [0.25, 0.3) is 0 Å². The molecule has 7 nitrogen and oxygen atoms in total. The van der Waals surface area contributed by atoms with Crippen LogP contribution in [0.5, 0.6) is 0 Å². The molecule has 0 fully saturated rings. The molecular formula is C32H39Cl2N3O4S. The van der Waals surface area contributed by atoms with Gasteiger partial charge in [0.25, 0.3) is 10.0 Å². The molecule has 10 heteroatoms. The number of rotatable bonds is 12. The van der Waals surface area contributed by atoms with Crippen molar-refractivity contribution in [2.24, 2.45) is 5.92 Å². The van der Waals surface area contributed by atoms with E-state index in [0.717, 1.165) is 15.4 Å². The van der Waals surface area contributed by atoms with E-state index in [1.54, 1.807) is 43.3 Å². The number of benzene rings is 3. The molecule has 1 atom stereocenters. The van der Waals surface area contributed by atoms with Gasteiger partial charge in [-0.3, -0.25) is 13.9 Å². The highest BCUT2D eigenvalue weighted by Gasteiger charge is 2.34. The molecule has 3 aromatic carbocycles. The van der Waals surface area contributed by atoms with Crippen LogP contribution < -0.4 is 9.62 Å². The van der Waals surface area contributed by atoms with Crippen LogP contribution >= 0.6 is 23.2 Å². The van der Waals surface area contributed by atoms with Crippen LogP contribution in [0.2, 0.25) is 10.0 Å². The summed E-state index contributed by atoms with van der Waals surface area (Å²) in [5, 5.41) is 3.61. The number of nitrogens with zero attached hydrogens (tertiary/aromatic N) is 2. The van der Waals surface area contributed by atoms with Gasteiger partial charge in [-0.1, -0.05) is 79.9 Å². The van der Waals surface area contributed by atoms with E-state index in [1.165, 1.54) is 17.0 Å². The fourth-order valence-electron chi connectivity index (χ4n) is 4.52. The summed E-state index contributed by atoms with van der Waals surface area (Å²) >= 11 is 12.4. The van der Waals surface area contributed by atoms with Crippen LogP contribution in [0.4, 0.5) is 5.69 Å². The SMILES string of the molecule is CCC(C(=O)NCC(C)C)N(Cc1ccc(Cl)c(Cl)c1)C(=O)CN(c1cc(C)ccc1C)S(=O)(=O)c1ccc(C)cc1. The Morgan fingerprint density at radius 1 is 0.881 bits per heavy atom. The molecule has 0 aromatic heterocycles. The standard InChI is InChI=1S/C32H39Cl2N3O4S/c1-7-29(32(39)35-18-21(2)3)36(19-25-12-15-27(33)28(34)17-25)31(38)20-37(30-16-23(5)8-11-24(30)6)42(40,41)26-13-9-22(4)10-14-26/h8-17,21,29H,7,18-20H2,1-6H3,(H,35,39). The first-order chi connectivity index (χ1) is 19.7. The summed E-state index contributed by atoms with van der Waals surface area (Å²) in [7, 11) is -4.15. The molecule has 226 valence electrons. The van der Waals surface area contributed by atoms with Crippen LogP contribution in [0.3, 0.4) is 0 Å². The average molecular weight is 633 g/mol. The van der Waals surface area contributed by atoms with E-state index >= 15 is 0 Å². The number of nitrogens with one attached hydrogen (secondary N) is 1. The molecule has 0 aliphatic carbocycles. The lowest BCUT2D eigenvalue weighted by Gasteiger charge is -2.34. The molecule has 0 aliphatic rings. The molecule has 0 radical (unpaired) electrons. The van der Waals surface area contributed by atoms with Crippen molar-refractivity contribution in [1.82, 2.24) is 10.2 Å². The monoisotopic (exact) mass is 631 g/mol. The maximum absolute atomic E-state index is 14.2. The Balaban J connectivity index is 2.10. The minimum absolute atomic E-state index is 0.0363. The van der Waals surface area contributed by atoms with Crippen LogP contribution in [0.15, 0.2) is 65.6 Å². The predicted molar refractivity (Wildman–Crippen MR) is 171 cm³/mol. The smallest absolute Gasteiger partial charge is 0.264 e. The highest BCUT2D eigenvalue weighted by atomic mass is 35.5. The molecule has 0 saturated carbocycles. The van der Waals surface area contributed by atoms with Gasteiger partial charge in [0.15, 0.2) is 0 Å². The third-order valence-corrected chi connectivity index (χ3v) is 9.44. The highest BCUT2D eigenvalue weighted by molar-refractivity contribution is 7.92. The number of hydrogen-bond donors (Lipinski definition) is 1. The fraction of sp³-hybridized carbons (Fsp3) is 0.375. The van der Waals surface area contributed by atoms with Gasteiger partial charge in [0.1, 0.15) is 12.6 Å². The maximum Gasteiger partial charge on any atom is 0.264 e. The fourth-order valence-corrected chi connectivity index (χ4v) is 6.31. The topological polar surface area (TPSA) is 86.8 Å². The summed E-state index contributed by atoms with van der Waals surface area (Å²) in [5.41, 5.74) is 3.51. The maximum atomic E-state index is 14.2. The third kappa shape index (κ3) is 8.27. The van der Waals surface area contributed by atoms with Crippen molar-refractivity contribution in [2.45, 2.75) is 65.4 Å². The second kappa shape index (κ2) is 14.4. The number of halogens is 2. The van der Waals surface area contributed by atoms with Gasteiger partial charge in [0.05, 0.1) is 20.6 Å². The van der Waals surface area contributed by atoms with Gasteiger partial charge >= 0.3 is 0 Å². The summed E-state index contributed by atoms with van der Waals surface area (Å²) < 4.78 is 29.3. The molecule has 0 heterocycles. The predicted octanol–water partition coefficient (Wildman–Crippen LogP) is 6.69. The normalized spacial score (nSPS) is 12.2. The third-order valence-electron chi connectivity index (χ3n) is 6.93. The van der Waals surface area contributed by atoms with E-state index in [0.29, 0.717) is 39.8 Å². The summed E-state index contributed by atoms with van der Waals surface area (Å²) in [6, 6.07) is 16.2. The molecule has 3 aromatic rings. The van der Waals surface area contributed by atoms with Crippen molar-refractivity contribution >= 4 is 50.7 Å². The largest absolute Gasteiger partial charge is 0.354 e. The first-order valence-corrected chi connectivity index (χ1v) is 16.1. The lowest BCUT2D eigenvalue weighted by Crippen LogP contribution is -2.52. The summed E-state index contributed by atoms with van der Waals surface area (Å²) in [6.07, 6.45) is 0.325. The lowest BCUT2D eigenvalue weighted by molar-refractivity contribution is -0.140. The molecule has 0 spiro atoms. The van der Waals surface area contributed by atoms with Crippen molar-refractivity contribution in [3.63, 3.8) is 0 Å². The molecule has 0 saturated heterocycles. The highest BCUT2D eigenvalue weighted by Crippen LogP contribution is 2.29. The Morgan fingerprint density at radius 3 is 2.12 bits per heavy atom. The molecule has 1 unspecified atom stereocenters. The van der Waals surface area contributed by atoms with E-state index in [9.17, 15) is 18.0 Å². The Kier molecular flexibility index (Phi) is 11.5. The van der Waals surface area contributed by atoms with E-state index in [2.05, 4.69) is 5.32 Å². The van der Waals surface area contributed by atoms with E-state index < -0.39 is 28.5 Å². The quantitative estimate of drug-likeness (QED) is 0.241. The number of carbonyl (C=O) groups is 2. The minimum Gasteiger partial charge on any atom is -0.354 e. The van der Waals surface area contributed by atoms with Crippen LogP contribution in [-0.2, 0) is 26.2 Å². The lowest BCUT2D eigenvalue weighted by atomic mass is 10.1. The molecule has 2 amide bonds. The van der Waals surface area contributed by atoms with Crippen LogP contribution in [0, 0.1) is 26.7 Å². The summed E-state index contributed by atoms with van der Waals surface area (Å²) in [5.74, 6) is -0.617. The van der Waals surface area contributed by atoms with Crippen LogP contribution in [-0.4, -0.2) is 44.3 Å². The number of hydrogen-bond acceptors (Lipinski definition) is 4. The Bertz CT molecular complexity index is 1530. The Hall–Kier alpha value is -3.07. The molecule has 1 N–H and O–H groups in total. The van der Waals surface area contributed by atoms with Gasteiger partial charge < -0.3 is 10.2 Å². The molecular weight excluding hydrogens is 593 g/mol. The molecule has 3 rings (SSSR count). The summed E-state index contributed by atoms with van der Waals surface area (Å²) in [4.78, 5) is 29.1. The van der Waals surface area contributed by atoms with Crippen molar-refractivity contribution in [1.29, 1.82) is 0 Å². The van der Waals surface area contributed by atoms with Crippen molar-refractivity contribution in [3.8, 4) is 0 Å². The van der Waals surface area contributed by atoms with Gasteiger partial charge in [-0.05, 0) is 80.1 Å². The van der Waals surface area contributed by atoms with E-state index in [1.807, 2.05) is 46.8 Å². The zero-order valence-corrected chi connectivity index (χ0v) is 27.3. The number of amides is 2.